The van der Waals surface area contributed by atoms with Gasteiger partial charge in [-0.15, -0.1) is 0 Å². The van der Waals surface area contributed by atoms with Gasteiger partial charge < -0.3 is 14.7 Å². The smallest absolute Gasteiger partial charge is 0.408 e. The van der Waals surface area contributed by atoms with Crippen molar-refractivity contribution in [2.24, 2.45) is 0 Å². The lowest BCUT2D eigenvalue weighted by Gasteiger charge is -2.50. The molecule has 2 atom stereocenters. The molecule has 2 unspecified atom stereocenters. The van der Waals surface area contributed by atoms with Crippen LogP contribution in [0.3, 0.4) is 0 Å². The van der Waals surface area contributed by atoms with Gasteiger partial charge in [-0.2, -0.15) is 0 Å². The molecule has 0 spiro atoms. The molecule has 0 aromatic heterocycles. The molecular formula is C27H35N3O3. The molecule has 2 saturated heterocycles. The Labute approximate surface area is 196 Å². The predicted molar refractivity (Wildman–Crippen MR) is 130 cm³/mol. The van der Waals surface area contributed by atoms with Crippen LogP contribution in [-0.2, 0) is 6.42 Å². The van der Waals surface area contributed by atoms with Gasteiger partial charge in [0.25, 0.3) is 0 Å². The van der Waals surface area contributed by atoms with E-state index in [0.29, 0.717) is 12.0 Å². The van der Waals surface area contributed by atoms with Gasteiger partial charge in [0.1, 0.15) is 12.4 Å². The van der Waals surface area contributed by atoms with E-state index < -0.39 is 11.6 Å². The Balaban J connectivity index is 1.39. The maximum absolute atomic E-state index is 11.9. The average molecular weight is 450 g/mol. The highest BCUT2D eigenvalue weighted by atomic mass is 16.5. The minimum atomic E-state index is -0.841. The highest BCUT2D eigenvalue weighted by molar-refractivity contribution is 5.68. The summed E-state index contributed by atoms with van der Waals surface area (Å²) in [4.78, 5) is 18.3. The van der Waals surface area contributed by atoms with Crippen LogP contribution in [-0.4, -0.2) is 71.4 Å². The Morgan fingerprint density at radius 2 is 1.85 bits per heavy atom. The molecule has 3 aliphatic heterocycles. The molecule has 1 N–H and O–H groups in total. The fraction of sp³-hybridized carbons (Fsp3) is 0.519. The molecule has 6 nitrogen and oxygen atoms in total. The zero-order valence-corrected chi connectivity index (χ0v) is 19.9. The topological polar surface area (TPSA) is 56.3 Å². The fourth-order valence-corrected chi connectivity index (χ4v) is 5.62. The Morgan fingerprint density at radius 1 is 1.12 bits per heavy atom. The van der Waals surface area contributed by atoms with Gasteiger partial charge in [-0.05, 0) is 70.5 Å². The van der Waals surface area contributed by atoms with Gasteiger partial charge in [0.05, 0.1) is 12.1 Å². The van der Waals surface area contributed by atoms with Gasteiger partial charge in [-0.3, -0.25) is 9.80 Å². The summed E-state index contributed by atoms with van der Waals surface area (Å²) in [5.41, 5.74) is 3.40. The molecule has 0 radical (unpaired) electrons. The molecule has 0 saturated carbocycles. The number of likely N-dealkylation sites (tertiary alicyclic amines) is 1. The minimum Gasteiger partial charge on any atom is -0.492 e. The van der Waals surface area contributed by atoms with Crippen molar-refractivity contribution in [3.05, 3.63) is 59.7 Å². The van der Waals surface area contributed by atoms with Crippen molar-refractivity contribution in [2.75, 3.05) is 37.7 Å². The van der Waals surface area contributed by atoms with Crippen molar-refractivity contribution in [2.45, 2.75) is 57.2 Å². The lowest BCUT2D eigenvalue weighted by atomic mass is 9.82. The number of nitrogens with zero attached hydrogens (tertiary/aromatic N) is 3. The van der Waals surface area contributed by atoms with Crippen LogP contribution >= 0.6 is 0 Å². The third-order valence-corrected chi connectivity index (χ3v) is 7.45. The molecule has 2 aromatic carbocycles. The number of anilines is 1. The van der Waals surface area contributed by atoms with Gasteiger partial charge in [-0.25, -0.2) is 4.79 Å². The summed E-state index contributed by atoms with van der Waals surface area (Å²) in [6, 6.07) is 17.7. The Morgan fingerprint density at radius 3 is 2.45 bits per heavy atom. The molecule has 1 amide bonds. The summed E-state index contributed by atoms with van der Waals surface area (Å²) in [7, 11) is 0. The van der Waals surface area contributed by atoms with E-state index in [4.69, 9.17) is 4.74 Å². The maximum Gasteiger partial charge on any atom is 0.408 e. The zero-order valence-electron chi connectivity index (χ0n) is 19.9. The van der Waals surface area contributed by atoms with E-state index in [1.54, 1.807) is 4.90 Å². The van der Waals surface area contributed by atoms with Crippen LogP contribution in [0.25, 0.3) is 0 Å². The van der Waals surface area contributed by atoms with Crippen LogP contribution in [0.15, 0.2) is 48.5 Å². The van der Waals surface area contributed by atoms with Crippen molar-refractivity contribution in [3.63, 3.8) is 0 Å². The zero-order chi connectivity index (χ0) is 23.2. The molecule has 0 aliphatic carbocycles. The second-order valence-corrected chi connectivity index (χ2v) is 10.7. The van der Waals surface area contributed by atoms with Crippen molar-refractivity contribution >= 4 is 11.8 Å². The summed E-state index contributed by atoms with van der Waals surface area (Å²) < 4.78 is 6.24. The van der Waals surface area contributed by atoms with Crippen molar-refractivity contribution in [1.29, 1.82) is 0 Å². The van der Waals surface area contributed by atoms with Gasteiger partial charge in [0, 0.05) is 35.8 Å². The largest absolute Gasteiger partial charge is 0.492 e. The third kappa shape index (κ3) is 4.29. The molecule has 6 heteroatoms. The summed E-state index contributed by atoms with van der Waals surface area (Å²) in [5.74, 6) is 1.38. The van der Waals surface area contributed by atoms with Crippen LogP contribution in [0.4, 0.5) is 10.5 Å². The molecule has 2 fully saturated rings. The number of rotatable bonds is 5. The summed E-state index contributed by atoms with van der Waals surface area (Å²) in [6.45, 7) is 10.4. The van der Waals surface area contributed by atoms with Crippen LogP contribution in [0.2, 0.25) is 0 Å². The molecular weight excluding hydrogens is 414 g/mol. The van der Waals surface area contributed by atoms with E-state index in [1.165, 1.54) is 17.5 Å². The Hall–Kier alpha value is -2.73. The summed E-state index contributed by atoms with van der Waals surface area (Å²) in [5, 5.41) is 9.73. The summed E-state index contributed by atoms with van der Waals surface area (Å²) in [6.07, 6.45) is 1.43. The molecule has 3 aliphatic rings. The number of amides is 1. The van der Waals surface area contributed by atoms with Crippen LogP contribution in [0.5, 0.6) is 5.75 Å². The normalized spacial score (nSPS) is 23.2. The van der Waals surface area contributed by atoms with E-state index in [1.807, 2.05) is 20.8 Å². The first-order valence-electron chi connectivity index (χ1n) is 12.1. The lowest BCUT2D eigenvalue weighted by Crippen LogP contribution is -2.65. The van der Waals surface area contributed by atoms with E-state index in [2.05, 4.69) is 58.3 Å². The fourth-order valence-electron chi connectivity index (χ4n) is 5.62. The van der Waals surface area contributed by atoms with Crippen molar-refractivity contribution < 1.29 is 14.6 Å². The summed E-state index contributed by atoms with van der Waals surface area (Å²) >= 11 is 0. The molecule has 2 aromatic rings. The quantitative estimate of drug-likeness (QED) is 0.731. The van der Waals surface area contributed by atoms with Gasteiger partial charge >= 0.3 is 6.09 Å². The van der Waals surface area contributed by atoms with E-state index in [9.17, 15) is 9.90 Å². The van der Waals surface area contributed by atoms with Crippen LogP contribution in [0, 0.1) is 0 Å². The SMILES string of the molecule is CC(C)(C)N(C(=O)O)C1CN(c2ccc3c(c2)C(Cc2ccccc2)C(N2CCC2)CO3)C1. The first-order chi connectivity index (χ1) is 15.8. The van der Waals surface area contributed by atoms with E-state index >= 15 is 0 Å². The number of carbonyl (C=O) groups is 1. The van der Waals surface area contributed by atoms with Gasteiger partial charge in [0.2, 0.25) is 0 Å². The predicted octanol–water partition coefficient (Wildman–Crippen LogP) is 4.45. The van der Waals surface area contributed by atoms with E-state index in [0.717, 1.165) is 50.6 Å². The molecule has 176 valence electrons. The monoisotopic (exact) mass is 449 g/mol. The lowest BCUT2D eigenvalue weighted by molar-refractivity contribution is 0.0501. The van der Waals surface area contributed by atoms with Gasteiger partial charge in [-0.1, -0.05) is 30.3 Å². The highest BCUT2D eigenvalue weighted by Crippen LogP contribution is 2.42. The number of hydrogen-bond acceptors (Lipinski definition) is 4. The second-order valence-electron chi connectivity index (χ2n) is 10.7. The number of carboxylic acid groups (broad SMARTS) is 1. The van der Waals surface area contributed by atoms with Crippen LogP contribution in [0.1, 0.15) is 44.2 Å². The van der Waals surface area contributed by atoms with Crippen molar-refractivity contribution in [1.82, 2.24) is 9.80 Å². The number of fused-ring (bicyclic) bond motifs is 1. The van der Waals surface area contributed by atoms with Crippen LogP contribution < -0.4 is 9.64 Å². The average Bonchev–Trinajstić information content (AvgIpc) is 2.70. The minimum absolute atomic E-state index is 0.0173. The molecule has 3 heterocycles. The van der Waals surface area contributed by atoms with Gasteiger partial charge in [0.15, 0.2) is 0 Å². The number of ether oxygens (including phenoxy) is 1. The standard InChI is InChI=1S/C27H35N3O3/c1-27(2,3)30(26(31)32)21-16-29(17-21)20-10-11-25-23(15-20)22(14-19-8-5-4-6-9-19)24(18-33-25)28-12-7-13-28/h4-6,8-11,15,21-22,24H,7,12-14,16-18H2,1-3H3,(H,31,32). The first kappa shape index (κ1) is 22.1. The van der Waals surface area contributed by atoms with Crippen molar-refractivity contribution in [3.8, 4) is 5.75 Å². The maximum atomic E-state index is 11.9. The highest BCUT2D eigenvalue weighted by Gasteiger charge is 2.41. The third-order valence-electron chi connectivity index (χ3n) is 7.45. The Kier molecular flexibility index (Phi) is 5.73. The van der Waals surface area contributed by atoms with E-state index in [-0.39, 0.29) is 6.04 Å². The molecule has 5 rings (SSSR count). The number of hydrogen-bond donors (Lipinski definition) is 1. The Bertz CT molecular complexity index is 993. The number of benzene rings is 2. The molecule has 33 heavy (non-hydrogen) atoms. The second kappa shape index (κ2) is 8.56. The molecule has 0 bridgehead atoms. The first-order valence-corrected chi connectivity index (χ1v) is 12.1.